The SMILES string of the molecule is COc1ccc(Cl)cc1CN1CCC(Cl)CC1. The van der Waals surface area contributed by atoms with Crippen LogP contribution in [0, 0.1) is 0 Å². The summed E-state index contributed by atoms with van der Waals surface area (Å²) in [4.78, 5) is 2.40. The molecule has 1 fully saturated rings. The van der Waals surface area contributed by atoms with E-state index in [9.17, 15) is 0 Å². The predicted octanol–water partition coefficient (Wildman–Crippen LogP) is 3.55. The fourth-order valence-electron chi connectivity index (χ4n) is 2.17. The molecule has 1 heterocycles. The third-order valence-corrected chi connectivity index (χ3v) is 3.83. The lowest BCUT2D eigenvalue weighted by molar-refractivity contribution is 0.220. The van der Waals surface area contributed by atoms with Gasteiger partial charge < -0.3 is 4.74 Å². The Bertz CT molecular complexity index is 376. The van der Waals surface area contributed by atoms with E-state index in [0.29, 0.717) is 5.38 Å². The van der Waals surface area contributed by atoms with Gasteiger partial charge in [0.25, 0.3) is 0 Å². The molecule has 0 spiro atoms. The molecule has 1 aromatic rings. The van der Waals surface area contributed by atoms with Gasteiger partial charge in [-0.1, -0.05) is 11.6 Å². The number of hydrogen-bond donors (Lipinski definition) is 0. The second-order valence-electron chi connectivity index (χ2n) is 4.41. The first-order valence-electron chi connectivity index (χ1n) is 5.88. The number of alkyl halides is 1. The summed E-state index contributed by atoms with van der Waals surface area (Å²) >= 11 is 12.1. The van der Waals surface area contributed by atoms with E-state index >= 15 is 0 Å². The average Bonchev–Trinajstić information content (AvgIpc) is 2.32. The van der Waals surface area contributed by atoms with Crippen LogP contribution in [0.3, 0.4) is 0 Å². The summed E-state index contributed by atoms with van der Waals surface area (Å²) in [6.07, 6.45) is 2.12. The molecule has 17 heavy (non-hydrogen) atoms. The van der Waals surface area contributed by atoms with E-state index in [1.165, 1.54) is 0 Å². The monoisotopic (exact) mass is 273 g/mol. The van der Waals surface area contributed by atoms with E-state index in [2.05, 4.69) is 4.90 Å². The molecule has 0 aromatic heterocycles. The van der Waals surface area contributed by atoms with Crippen LogP contribution in [0.5, 0.6) is 5.75 Å². The van der Waals surface area contributed by atoms with Gasteiger partial charge in [0, 0.05) is 22.5 Å². The standard InChI is InChI=1S/C13H17Cl2NO/c1-17-13-3-2-12(15)8-10(13)9-16-6-4-11(14)5-7-16/h2-3,8,11H,4-7,9H2,1H3. The van der Waals surface area contributed by atoms with Crippen LogP contribution in [0.15, 0.2) is 18.2 Å². The lowest BCUT2D eigenvalue weighted by Gasteiger charge is -2.29. The van der Waals surface area contributed by atoms with Gasteiger partial charge in [-0.2, -0.15) is 0 Å². The molecule has 2 rings (SSSR count). The number of hydrogen-bond acceptors (Lipinski definition) is 2. The highest BCUT2D eigenvalue weighted by Gasteiger charge is 2.18. The fraction of sp³-hybridized carbons (Fsp3) is 0.538. The van der Waals surface area contributed by atoms with Crippen molar-refractivity contribution in [3.63, 3.8) is 0 Å². The lowest BCUT2D eigenvalue weighted by atomic mass is 10.1. The van der Waals surface area contributed by atoms with Crippen molar-refractivity contribution < 1.29 is 4.74 Å². The maximum Gasteiger partial charge on any atom is 0.123 e. The van der Waals surface area contributed by atoms with Gasteiger partial charge >= 0.3 is 0 Å². The Labute approximate surface area is 112 Å². The summed E-state index contributed by atoms with van der Waals surface area (Å²) in [5, 5.41) is 1.10. The molecular weight excluding hydrogens is 257 g/mol. The van der Waals surface area contributed by atoms with Crippen LogP contribution in [0.2, 0.25) is 5.02 Å². The highest BCUT2D eigenvalue weighted by molar-refractivity contribution is 6.30. The third-order valence-electron chi connectivity index (χ3n) is 3.15. The lowest BCUT2D eigenvalue weighted by Crippen LogP contribution is -2.33. The molecule has 0 amide bonds. The van der Waals surface area contributed by atoms with E-state index in [4.69, 9.17) is 27.9 Å². The van der Waals surface area contributed by atoms with Crippen molar-refractivity contribution in [2.45, 2.75) is 24.8 Å². The summed E-state index contributed by atoms with van der Waals surface area (Å²) in [6, 6.07) is 5.76. The number of benzene rings is 1. The van der Waals surface area contributed by atoms with Gasteiger partial charge in [-0.15, -0.1) is 11.6 Å². The van der Waals surface area contributed by atoms with Gasteiger partial charge in [-0.3, -0.25) is 4.90 Å². The van der Waals surface area contributed by atoms with Crippen LogP contribution in [0.4, 0.5) is 0 Å². The van der Waals surface area contributed by atoms with Crippen molar-refractivity contribution in [1.82, 2.24) is 4.90 Å². The number of nitrogens with zero attached hydrogens (tertiary/aromatic N) is 1. The number of ether oxygens (including phenoxy) is 1. The number of piperidine rings is 1. The number of likely N-dealkylation sites (tertiary alicyclic amines) is 1. The molecule has 1 saturated heterocycles. The zero-order chi connectivity index (χ0) is 12.3. The van der Waals surface area contributed by atoms with Crippen molar-refractivity contribution in [1.29, 1.82) is 0 Å². The molecule has 2 nitrogen and oxygen atoms in total. The van der Waals surface area contributed by atoms with Crippen molar-refractivity contribution in [2.24, 2.45) is 0 Å². The minimum Gasteiger partial charge on any atom is -0.496 e. The first kappa shape index (κ1) is 13.0. The molecule has 0 atom stereocenters. The number of methoxy groups -OCH3 is 1. The molecule has 0 unspecified atom stereocenters. The molecule has 94 valence electrons. The number of halogens is 2. The van der Waals surface area contributed by atoms with E-state index in [-0.39, 0.29) is 0 Å². The minimum atomic E-state index is 0.340. The van der Waals surface area contributed by atoms with Crippen LogP contribution in [-0.4, -0.2) is 30.5 Å². The maximum atomic E-state index is 6.10. The Hall–Kier alpha value is -0.440. The Morgan fingerprint density at radius 1 is 1.35 bits per heavy atom. The van der Waals surface area contributed by atoms with Gasteiger partial charge in [-0.05, 0) is 44.1 Å². The van der Waals surface area contributed by atoms with Crippen molar-refractivity contribution >= 4 is 23.2 Å². The Kier molecular flexibility index (Phi) is 4.55. The van der Waals surface area contributed by atoms with Crippen molar-refractivity contribution in [2.75, 3.05) is 20.2 Å². The van der Waals surface area contributed by atoms with Gasteiger partial charge in [0.2, 0.25) is 0 Å². The van der Waals surface area contributed by atoms with Crippen LogP contribution >= 0.6 is 23.2 Å². The molecule has 1 aliphatic rings. The zero-order valence-corrected chi connectivity index (χ0v) is 11.5. The Morgan fingerprint density at radius 2 is 2.06 bits per heavy atom. The fourth-order valence-corrected chi connectivity index (χ4v) is 2.56. The maximum absolute atomic E-state index is 6.10. The zero-order valence-electron chi connectivity index (χ0n) is 9.96. The van der Waals surface area contributed by atoms with E-state index in [1.54, 1.807) is 7.11 Å². The third kappa shape index (κ3) is 3.51. The molecule has 0 bridgehead atoms. The van der Waals surface area contributed by atoms with Gasteiger partial charge in [0.15, 0.2) is 0 Å². The summed E-state index contributed by atoms with van der Waals surface area (Å²) < 4.78 is 5.35. The summed E-state index contributed by atoms with van der Waals surface area (Å²) in [7, 11) is 1.69. The first-order valence-corrected chi connectivity index (χ1v) is 6.69. The molecule has 1 aromatic carbocycles. The molecule has 0 radical (unpaired) electrons. The molecule has 0 aliphatic carbocycles. The predicted molar refractivity (Wildman–Crippen MR) is 72.2 cm³/mol. The van der Waals surface area contributed by atoms with Crippen LogP contribution in [-0.2, 0) is 6.54 Å². The molecule has 4 heteroatoms. The minimum absolute atomic E-state index is 0.340. The van der Waals surface area contributed by atoms with Crippen molar-refractivity contribution in [3.8, 4) is 5.75 Å². The van der Waals surface area contributed by atoms with E-state index in [0.717, 1.165) is 48.8 Å². The molecular formula is C13H17Cl2NO. The second-order valence-corrected chi connectivity index (χ2v) is 5.46. The normalized spacial score (nSPS) is 18.3. The summed E-state index contributed by atoms with van der Waals surface area (Å²) in [5.41, 5.74) is 1.15. The second kappa shape index (κ2) is 5.94. The molecule has 1 aliphatic heterocycles. The van der Waals surface area contributed by atoms with Gasteiger partial charge in [0.1, 0.15) is 5.75 Å². The average molecular weight is 274 g/mol. The number of rotatable bonds is 3. The largest absolute Gasteiger partial charge is 0.496 e. The Morgan fingerprint density at radius 3 is 2.71 bits per heavy atom. The highest BCUT2D eigenvalue weighted by Crippen LogP contribution is 2.25. The van der Waals surface area contributed by atoms with E-state index < -0.39 is 0 Å². The Balaban J connectivity index is 2.04. The smallest absolute Gasteiger partial charge is 0.123 e. The summed E-state index contributed by atoms with van der Waals surface area (Å²) in [5.74, 6) is 0.905. The quantitative estimate of drug-likeness (QED) is 0.781. The van der Waals surface area contributed by atoms with E-state index in [1.807, 2.05) is 18.2 Å². The molecule has 0 saturated carbocycles. The van der Waals surface area contributed by atoms with Gasteiger partial charge in [0.05, 0.1) is 7.11 Å². The van der Waals surface area contributed by atoms with Crippen LogP contribution < -0.4 is 4.74 Å². The topological polar surface area (TPSA) is 12.5 Å². The first-order chi connectivity index (χ1) is 8.19. The van der Waals surface area contributed by atoms with Crippen molar-refractivity contribution in [3.05, 3.63) is 28.8 Å². The highest BCUT2D eigenvalue weighted by atomic mass is 35.5. The molecule has 0 N–H and O–H groups in total. The van der Waals surface area contributed by atoms with Crippen LogP contribution in [0.1, 0.15) is 18.4 Å². The van der Waals surface area contributed by atoms with Crippen LogP contribution in [0.25, 0.3) is 0 Å². The summed E-state index contributed by atoms with van der Waals surface area (Å²) in [6.45, 7) is 2.97. The van der Waals surface area contributed by atoms with Gasteiger partial charge in [-0.25, -0.2) is 0 Å².